The number of anilines is 1. The zero-order valence-electron chi connectivity index (χ0n) is 17.9. The van der Waals surface area contributed by atoms with Gasteiger partial charge in [-0.15, -0.1) is 0 Å². The van der Waals surface area contributed by atoms with Crippen molar-refractivity contribution in [2.45, 2.75) is 12.6 Å². The van der Waals surface area contributed by atoms with Crippen molar-refractivity contribution in [1.82, 2.24) is 10.3 Å². The highest BCUT2D eigenvalue weighted by Gasteiger charge is 2.33. The quantitative estimate of drug-likeness (QED) is 0.464. The van der Waals surface area contributed by atoms with E-state index in [0.29, 0.717) is 6.42 Å². The number of carbonyl (C=O) groups is 1. The molecule has 2 N–H and O–H groups in total. The lowest BCUT2D eigenvalue weighted by Gasteiger charge is -2.11. The molecule has 1 aliphatic rings. The van der Waals surface area contributed by atoms with E-state index in [4.69, 9.17) is 11.6 Å². The van der Waals surface area contributed by atoms with Crippen LogP contribution in [-0.4, -0.2) is 29.8 Å². The molecule has 0 fully saturated rings. The number of nitrogens with zero attached hydrogens (tertiary/aromatic N) is 2. The molecular formula is C25H20ClF3N4O. The van der Waals surface area contributed by atoms with E-state index in [1.807, 2.05) is 36.4 Å². The number of aliphatic imine (C=N–C) groups is 1. The van der Waals surface area contributed by atoms with E-state index >= 15 is 0 Å². The van der Waals surface area contributed by atoms with Crippen LogP contribution in [0, 0.1) is 0 Å². The number of rotatable bonds is 6. The monoisotopic (exact) mass is 484 g/mol. The second-order valence-electron chi connectivity index (χ2n) is 7.64. The smallest absolute Gasteiger partial charge is 0.367 e. The first-order valence-corrected chi connectivity index (χ1v) is 10.8. The summed E-state index contributed by atoms with van der Waals surface area (Å²) < 4.78 is 39.0. The number of benzene rings is 2. The van der Waals surface area contributed by atoms with Crippen LogP contribution in [-0.2, 0) is 17.4 Å². The standard InChI is InChI=1S/C25H20ClF3N4O/c26-21-6-5-19(15-20(21)25(27,28)29)33-23(34)7-4-16-2-1-3-17(12-16)13-18-8-9-30-22(14-18)24-31-10-11-32-24/h1-9,12,14-15H,10-11,13H2,(H,31,32)(H,33,34)/b7-4+. The number of pyridine rings is 1. The Kier molecular flexibility index (Phi) is 6.98. The molecule has 1 aromatic heterocycles. The number of hydrogen-bond acceptors (Lipinski definition) is 4. The average Bonchev–Trinajstić information content (AvgIpc) is 3.34. The number of aromatic nitrogens is 1. The fourth-order valence-electron chi connectivity index (χ4n) is 3.50. The summed E-state index contributed by atoms with van der Waals surface area (Å²) in [6, 6.07) is 14.8. The van der Waals surface area contributed by atoms with Gasteiger partial charge in [0.05, 0.1) is 17.1 Å². The first-order chi connectivity index (χ1) is 16.3. The van der Waals surface area contributed by atoms with Gasteiger partial charge in [0.25, 0.3) is 0 Å². The van der Waals surface area contributed by atoms with Crippen molar-refractivity contribution in [3.63, 3.8) is 0 Å². The third-order valence-electron chi connectivity index (χ3n) is 5.07. The number of halogens is 4. The van der Waals surface area contributed by atoms with Crippen LogP contribution < -0.4 is 10.6 Å². The predicted molar refractivity (Wildman–Crippen MR) is 127 cm³/mol. The maximum absolute atomic E-state index is 13.0. The number of hydrogen-bond donors (Lipinski definition) is 2. The lowest BCUT2D eigenvalue weighted by atomic mass is 10.0. The SMILES string of the molecule is O=C(/C=C/c1cccc(Cc2ccnc(C3=NCCN3)c2)c1)Nc1ccc(Cl)c(C(F)(F)F)c1. The Balaban J connectivity index is 1.42. The van der Waals surface area contributed by atoms with Gasteiger partial charge in [-0.2, -0.15) is 13.2 Å². The van der Waals surface area contributed by atoms with E-state index in [-0.39, 0.29) is 5.69 Å². The zero-order chi connectivity index (χ0) is 24.1. The molecule has 0 atom stereocenters. The largest absolute Gasteiger partial charge is 0.417 e. The van der Waals surface area contributed by atoms with Crippen molar-refractivity contribution in [2.75, 3.05) is 18.4 Å². The molecular weight excluding hydrogens is 465 g/mol. The molecule has 1 amide bonds. The molecule has 0 bridgehead atoms. The van der Waals surface area contributed by atoms with Crippen LogP contribution >= 0.6 is 11.6 Å². The minimum atomic E-state index is -4.61. The first kappa shape index (κ1) is 23.5. The van der Waals surface area contributed by atoms with Crippen LogP contribution in [0.25, 0.3) is 6.08 Å². The molecule has 34 heavy (non-hydrogen) atoms. The third kappa shape index (κ3) is 6.02. The van der Waals surface area contributed by atoms with Gasteiger partial charge in [-0.25, -0.2) is 0 Å². The summed E-state index contributed by atoms with van der Waals surface area (Å²) in [6.45, 7) is 1.55. The minimum absolute atomic E-state index is 0.00924. The second kappa shape index (κ2) is 10.1. The maximum atomic E-state index is 13.0. The molecule has 0 saturated heterocycles. The minimum Gasteiger partial charge on any atom is -0.367 e. The summed E-state index contributed by atoms with van der Waals surface area (Å²) in [5.74, 6) is 0.247. The fourth-order valence-corrected chi connectivity index (χ4v) is 3.73. The van der Waals surface area contributed by atoms with Gasteiger partial charge >= 0.3 is 6.18 Å². The highest BCUT2D eigenvalue weighted by molar-refractivity contribution is 6.31. The van der Waals surface area contributed by atoms with Gasteiger partial charge in [-0.3, -0.25) is 14.8 Å². The molecule has 0 radical (unpaired) electrons. The molecule has 2 aromatic carbocycles. The van der Waals surface area contributed by atoms with E-state index in [0.717, 1.165) is 53.4 Å². The van der Waals surface area contributed by atoms with Crippen molar-refractivity contribution < 1.29 is 18.0 Å². The molecule has 0 unspecified atom stereocenters. The summed E-state index contributed by atoms with van der Waals surface area (Å²) in [6.07, 6.45) is 0.693. The van der Waals surface area contributed by atoms with Crippen molar-refractivity contribution in [3.05, 3.63) is 99.8 Å². The summed E-state index contributed by atoms with van der Waals surface area (Å²) in [5, 5.41) is 5.22. The number of carbonyl (C=O) groups excluding carboxylic acids is 1. The maximum Gasteiger partial charge on any atom is 0.417 e. The van der Waals surface area contributed by atoms with Gasteiger partial charge in [0.1, 0.15) is 11.5 Å². The Bertz CT molecular complexity index is 1270. The topological polar surface area (TPSA) is 66.4 Å². The van der Waals surface area contributed by atoms with E-state index in [2.05, 4.69) is 20.6 Å². The summed E-state index contributed by atoms with van der Waals surface area (Å²) >= 11 is 5.61. The highest BCUT2D eigenvalue weighted by Crippen LogP contribution is 2.36. The number of amides is 1. The molecule has 3 aromatic rings. The summed E-state index contributed by atoms with van der Waals surface area (Å²) in [7, 11) is 0. The van der Waals surface area contributed by atoms with Crippen molar-refractivity contribution >= 4 is 35.1 Å². The molecule has 174 valence electrons. The van der Waals surface area contributed by atoms with Gasteiger partial charge < -0.3 is 10.6 Å². The van der Waals surface area contributed by atoms with Crippen LogP contribution in [0.15, 0.2) is 71.9 Å². The van der Waals surface area contributed by atoms with Crippen LogP contribution in [0.3, 0.4) is 0 Å². The van der Waals surface area contributed by atoms with Crippen LogP contribution in [0.2, 0.25) is 5.02 Å². The predicted octanol–water partition coefficient (Wildman–Crippen LogP) is 5.35. The van der Waals surface area contributed by atoms with Crippen LogP contribution in [0.1, 0.15) is 27.9 Å². The summed E-state index contributed by atoms with van der Waals surface area (Å²) in [5.41, 5.74) is 2.71. The lowest BCUT2D eigenvalue weighted by molar-refractivity contribution is -0.137. The van der Waals surface area contributed by atoms with Gasteiger partial charge in [0, 0.05) is 24.5 Å². The Morgan fingerprint density at radius 2 is 1.94 bits per heavy atom. The molecule has 0 saturated carbocycles. The van der Waals surface area contributed by atoms with Crippen molar-refractivity contribution in [1.29, 1.82) is 0 Å². The molecule has 5 nitrogen and oxygen atoms in total. The highest BCUT2D eigenvalue weighted by atomic mass is 35.5. The Hall–Kier alpha value is -3.65. The van der Waals surface area contributed by atoms with Crippen molar-refractivity contribution in [2.24, 2.45) is 4.99 Å². The fraction of sp³-hybridized carbons (Fsp3) is 0.160. The second-order valence-corrected chi connectivity index (χ2v) is 8.05. The molecule has 4 rings (SSSR count). The molecule has 0 spiro atoms. The lowest BCUT2D eigenvalue weighted by Crippen LogP contribution is -2.20. The van der Waals surface area contributed by atoms with E-state index in [1.54, 1.807) is 12.3 Å². The summed E-state index contributed by atoms with van der Waals surface area (Å²) in [4.78, 5) is 21.0. The molecule has 9 heteroatoms. The number of amidine groups is 1. The third-order valence-corrected chi connectivity index (χ3v) is 5.40. The molecule has 0 aliphatic carbocycles. The Morgan fingerprint density at radius 3 is 2.71 bits per heavy atom. The molecule has 1 aliphatic heterocycles. The van der Waals surface area contributed by atoms with Gasteiger partial charge in [-0.1, -0.05) is 35.9 Å². The van der Waals surface area contributed by atoms with Gasteiger partial charge in [0.2, 0.25) is 5.91 Å². The van der Waals surface area contributed by atoms with E-state index < -0.39 is 22.7 Å². The zero-order valence-corrected chi connectivity index (χ0v) is 18.6. The van der Waals surface area contributed by atoms with E-state index in [1.165, 1.54) is 12.1 Å². The van der Waals surface area contributed by atoms with Crippen molar-refractivity contribution in [3.8, 4) is 0 Å². The van der Waals surface area contributed by atoms with Crippen LogP contribution in [0.4, 0.5) is 18.9 Å². The molecule has 2 heterocycles. The Labute approximate surface area is 199 Å². The van der Waals surface area contributed by atoms with Gasteiger partial charge in [-0.05, 0) is 59.5 Å². The first-order valence-electron chi connectivity index (χ1n) is 10.5. The van der Waals surface area contributed by atoms with E-state index in [9.17, 15) is 18.0 Å². The Morgan fingerprint density at radius 1 is 1.12 bits per heavy atom. The normalized spacial score (nSPS) is 13.6. The number of nitrogens with one attached hydrogen (secondary N) is 2. The average molecular weight is 485 g/mol. The number of alkyl halides is 3. The van der Waals surface area contributed by atoms with Gasteiger partial charge in [0.15, 0.2) is 0 Å². The van der Waals surface area contributed by atoms with Crippen LogP contribution in [0.5, 0.6) is 0 Å².